The molecule has 2 nitrogen and oxygen atoms in total. The lowest BCUT2D eigenvalue weighted by Gasteiger charge is -2.13. The first kappa shape index (κ1) is 16.5. The van der Waals surface area contributed by atoms with Crippen LogP contribution in [-0.2, 0) is 12.8 Å². The minimum atomic E-state index is -0.175. The molecule has 0 spiro atoms. The number of ether oxygens (including phenoxy) is 1. The second-order valence-corrected chi connectivity index (χ2v) is 5.74. The van der Waals surface area contributed by atoms with Crippen molar-refractivity contribution in [3.8, 4) is 5.75 Å². The van der Waals surface area contributed by atoms with Crippen molar-refractivity contribution in [2.24, 2.45) is 0 Å². The standard InChI is InChI=1S/C19H24FNO/c1-21(2)13-6-14-22-19-10-4-3-8-17(19)12-11-16-7-5-9-18(20)15-16/h3-5,7-10,15H,6,11-14H2,1-2H3. The maximum absolute atomic E-state index is 13.2. The van der Waals surface area contributed by atoms with E-state index in [2.05, 4.69) is 25.1 Å². The molecule has 0 aliphatic rings. The van der Waals surface area contributed by atoms with Crippen LogP contribution in [-0.4, -0.2) is 32.1 Å². The van der Waals surface area contributed by atoms with Crippen LogP contribution < -0.4 is 4.74 Å². The van der Waals surface area contributed by atoms with Gasteiger partial charge in [-0.3, -0.25) is 0 Å². The van der Waals surface area contributed by atoms with Gasteiger partial charge >= 0.3 is 0 Å². The molecule has 0 heterocycles. The van der Waals surface area contributed by atoms with Gasteiger partial charge in [-0.05, 0) is 62.7 Å². The third-order valence-corrected chi connectivity index (χ3v) is 3.55. The smallest absolute Gasteiger partial charge is 0.123 e. The first-order valence-corrected chi connectivity index (χ1v) is 7.75. The number of hydrogen-bond donors (Lipinski definition) is 0. The molecule has 0 aromatic heterocycles. The number of aryl methyl sites for hydroxylation is 2. The average Bonchev–Trinajstić information content (AvgIpc) is 2.50. The highest BCUT2D eigenvalue weighted by Crippen LogP contribution is 2.20. The number of para-hydroxylation sites is 1. The van der Waals surface area contributed by atoms with Gasteiger partial charge in [0.2, 0.25) is 0 Å². The molecule has 22 heavy (non-hydrogen) atoms. The van der Waals surface area contributed by atoms with Crippen LogP contribution in [0.2, 0.25) is 0 Å². The van der Waals surface area contributed by atoms with Gasteiger partial charge in [0.15, 0.2) is 0 Å². The second-order valence-electron chi connectivity index (χ2n) is 5.74. The summed E-state index contributed by atoms with van der Waals surface area (Å²) >= 11 is 0. The van der Waals surface area contributed by atoms with Crippen molar-refractivity contribution < 1.29 is 9.13 Å². The molecular formula is C19H24FNO. The minimum absolute atomic E-state index is 0.175. The zero-order valence-corrected chi connectivity index (χ0v) is 13.4. The fourth-order valence-electron chi connectivity index (χ4n) is 2.39. The Morgan fingerprint density at radius 2 is 1.82 bits per heavy atom. The number of hydrogen-bond acceptors (Lipinski definition) is 2. The molecule has 0 N–H and O–H groups in total. The highest BCUT2D eigenvalue weighted by Gasteiger charge is 2.04. The molecule has 0 radical (unpaired) electrons. The highest BCUT2D eigenvalue weighted by atomic mass is 19.1. The van der Waals surface area contributed by atoms with Gasteiger partial charge < -0.3 is 9.64 Å². The summed E-state index contributed by atoms with van der Waals surface area (Å²) in [6.45, 7) is 1.74. The molecule has 0 unspecified atom stereocenters. The molecule has 0 saturated heterocycles. The van der Waals surface area contributed by atoms with Crippen LogP contribution >= 0.6 is 0 Å². The maximum Gasteiger partial charge on any atom is 0.123 e. The van der Waals surface area contributed by atoms with Crippen LogP contribution in [0.1, 0.15) is 17.5 Å². The summed E-state index contributed by atoms with van der Waals surface area (Å²) in [6, 6.07) is 14.9. The summed E-state index contributed by atoms with van der Waals surface area (Å²) in [5.74, 6) is 0.767. The Morgan fingerprint density at radius 3 is 2.59 bits per heavy atom. The molecule has 0 amide bonds. The van der Waals surface area contributed by atoms with Gasteiger partial charge in [0.05, 0.1) is 6.61 Å². The molecule has 2 rings (SSSR count). The number of rotatable bonds is 8. The third-order valence-electron chi connectivity index (χ3n) is 3.55. The fourth-order valence-corrected chi connectivity index (χ4v) is 2.39. The lowest BCUT2D eigenvalue weighted by molar-refractivity contribution is 0.279. The van der Waals surface area contributed by atoms with Gasteiger partial charge in [-0.1, -0.05) is 30.3 Å². The van der Waals surface area contributed by atoms with Crippen LogP contribution in [0.5, 0.6) is 5.75 Å². The van der Waals surface area contributed by atoms with Crippen molar-refractivity contribution in [2.75, 3.05) is 27.2 Å². The number of halogens is 1. The van der Waals surface area contributed by atoms with E-state index in [1.165, 1.54) is 11.6 Å². The van der Waals surface area contributed by atoms with Crippen molar-refractivity contribution >= 4 is 0 Å². The molecular weight excluding hydrogens is 277 g/mol. The van der Waals surface area contributed by atoms with Crippen LogP contribution in [0.3, 0.4) is 0 Å². The zero-order chi connectivity index (χ0) is 15.8. The maximum atomic E-state index is 13.2. The van der Waals surface area contributed by atoms with E-state index in [4.69, 9.17) is 4.74 Å². The Balaban J connectivity index is 1.90. The summed E-state index contributed by atoms with van der Waals surface area (Å²) in [6.07, 6.45) is 2.67. The van der Waals surface area contributed by atoms with Crippen molar-refractivity contribution in [3.05, 3.63) is 65.5 Å². The van der Waals surface area contributed by atoms with Gasteiger partial charge in [0.1, 0.15) is 11.6 Å². The number of nitrogens with zero attached hydrogens (tertiary/aromatic N) is 1. The Bertz CT molecular complexity index is 583. The van der Waals surface area contributed by atoms with E-state index in [1.54, 1.807) is 12.1 Å². The van der Waals surface area contributed by atoms with E-state index in [-0.39, 0.29) is 5.82 Å². The molecule has 2 aromatic carbocycles. The molecule has 0 atom stereocenters. The van der Waals surface area contributed by atoms with Gasteiger partial charge in [-0.2, -0.15) is 0 Å². The van der Waals surface area contributed by atoms with Crippen LogP contribution in [0.4, 0.5) is 4.39 Å². The van der Waals surface area contributed by atoms with Gasteiger partial charge in [0.25, 0.3) is 0 Å². The van der Waals surface area contributed by atoms with E-state index < -0.39 is 0 Å². The van der Waals surface area contributed by atoms with Crippen molar-refractivity contribution in [1.29, 1.82) is 0 Å². The lowest BCUT2D eigenvalue weighted by atomic mass is 10.0. The van der Waals surface area contributed by atoms with E-state index >= 15 is 0 Å². The van der Waals surface area contributed by atoms with E-state index in [0.717, 1.165) is 43.7 Å². The van der Waals surface area contributed by atoms with Crippen molar-refractivity contribution in [2.45, 2.75) is 19.3 Å². The molecule has 0 aliphatic heterocycles. The monoisotopic (exact) mass is 301 g/mol. The van der Waals surface area contributed by atoms with E-state index in [9.17, 15) is 4.39 Å². The van der Waals surface area contributed by atoms with Crippen LogP contribution in [0.25, 0.3) is 0 Å². The summed E-state index contributed by atoms with van der Waals surface area (Å²) in [7, 11) is 4.12. The van der Waals surface area contributed by atoms with Crippen LogP contribution in [0, 0.1) is 5.82 Å². The largest absolute Gasteiger partial charge is 0.493 e. The van der Waals surface area contributed by atoms with Crippen LogP contribution in [0.15, 0.2) is 48.5 Å². The Labute approximate surface area is 132 Å². The molecule has 0 saturated carbocycles. The fraction of sp³-hybridized carbons (Fsp3) is 0.368. The molecule has 0 bridgehead atoms. The molecule has 3 heteroatoms. The first-order chi connectivity index (χ1) is 10.6. The predicted molar refractivity (Wildman–Crippen MR) is 88.9 cm³/mol. The quantitative estimate of drug-likeness (QED) is 0.685. The van der Waals surface area contributed by atoms with E-state index in [1.807, 2.05) is 24.3 Å². The Hall–Kier alpha value is -1.87. The number of benzene rings is 2. The lowest BCUT2D eigenvalue weighted by Crippen LogP contribution is -2.15. The predicted octanol–water partition coefficient (Wildman–Crippen LogP) is 3.94. The zero-order valence-electron chi connectivity index (χ0n) is 13.4. The second kappa shape index (κ2) is 8.54. The molecule has 2 aromatic rings. The SMILES string of the molecule is CN(C)CCCOc1ccccc1CCc1cccc(F)c1. The topological polar surface area (TPSA) is 12.5 Å². The Morgan fingerprint density at radius 1 is 1.00 bits per heavy atom. The van der Waals surface area contributed by atoms with Gasteiger partial charge in [-0.25, -0.2) is 4.39 Å². The van der Waals surface area contributed by atoms with Gasteiger partial charge in [0, 0.05) is 6.54 Å². The van der Waals surface area contributed by atoms with E-state index in [0.29, 0.717) is 0 Å². The first-order valence-electron chi connectivity index (χ1n) is 7.75. The summed E-state index contributed by atoms with van der Waals surface area (Å²) in [4.78, 5) is 2.15. The van der Waals surface area contributed by atoms with Crippen molar-refractivity contribution in [3.63, 3.8) is 0 Å². The summed E-state index contributed by atoms with van der Waals surface area (Å²) in [5, 5.41) is 0. The Kier molecular flexibility index (Phi) is 6.41. The summed E-state index contributed by atoms with van der Waals surface area (Å²) < 4.78 is 19.1. The highest BCUT2D eigenvalue weighted by molar-refractivity contribution is 5.34. The molecule has 0 fully saturated rings. The average molecular weight is 301 g/mol. The molecule has 0 aliphatic carbocycles. The van der Waals surface area contributed by atoms with Crippen molar-refractivity contribution in [1.82, 2.24) is 4.90 Å². The molecule has 118 valence electrons. The summed E-state index contributed by atoms with van der Waals surface area (Å²) in [5.41, 5.74) is 2.19. The normalized spacial score (nSPS) is 10.9. The van der Waals surface area contributed by atoms with Gasteiger partial charge in [-0.15, -0.1) is 0 Å². The minimum Gasteiger partial charge on any atom is -0.493 e. The third kappa shape index (κ3) is 5.49.